The average molecular weight is 256 g/mol. The molecule has 0 fully saturated rings. The van der Waals surface area contributed by atoms with Crippen LogP contribution in [0.4, 0.5) is 0 Å². The number of nitrogens with zero attached hydrogens (tertiary/aromatic N) is 1. The van der Waals surface area contributed by atoms with Crippen molar-refractivity contribution in [3.05, 3.63) is 24.6 Å². The van der Waals surface area contributed by atoms with Crippen molar-refractivity contribution in [3.63, 3.8) is 0 Å². The topological polar surface area (TPSA) is 81.4 Å². The molecule has 0 aliphatic heterocycles. The fourth-order valence-electron chi connectivity index (χ4n) is 1.36. The second-order valence-electron chi connectivity index (χ2n) is 3.47. The summed E-state index contributed by atoms with van der Waals surface area (Å²) >= 11 is 0. The van der Waals surface area contributed by atoms with Crippen molar-refractivity contribution in [2.75, 3.05) is 19.4 Å². The molecule has 1 N–H and O–H groups in total. The molecule has 0 saturated carbocycles. The first-order valence-electron chi connectivity index (χ1n) is 4.96. The van der Waals surface area contributed by atoms with Crippen LogP contribution in [-0.2, 0) is 10.0 Å². The van der Waals surface area contributed by atoms with Crippen LogP contribution in [0.1, 0.15) is 0 Å². The van der Waals surface area contributed by atoms with Gasteiger partial charge in [-0.05, 0) is 12.1 Å². The van der Waals surface area contributed by atoms with Crippen molar-refractivity contribution < 1.29 is 17.6 Å². The molecule has 2 rings (SSSR count). The summed E-state index contributed by atoms with van der Waals surface area (Å²) in [5.41, 5.74) is 1.27. The highest BCUT2D eigenvalue weighted by Crippen LogP contribution is 2.23. The molecule has 2 aromatic rings. The molecular weight excluding hydrogens is 244 g/mol. The van der Waals surface area contributed by atoms with Gasteiger partial charge in [-0.2, -0.15) is 0 Å². The third-order valence-electron chi connectivity index (χ3n) is 2.05. The Hall–Kier alpha value is -1.60. The van der Waals surface area contributed by atoms with Gasteiger partial charge in [0.05, 0.1) is 6.26 Å². The van der Waals surface area contributed by atoms with Crippen LogP contribution in [0.5, 0.6) is 5.75 Å². The summed E-state index contributed by atoms with van der Waals surface area (Å²) in [4.78, 5) is 4.02. The fraction of sp³-hybridized carbons (Fsp3) is 0.300. The van der Waals surface area contributed by atoms with Gasteiger partial charge in [0, 0.05) is 6.54 Å². The lowest BCUT2D eigenvalue weighted by molar-refractivity contribution is 0.326. The lowest BCUT2D eigenvalue weighted by Crippen LogP contribution is -2.26. The number of benzene rings is 1. The van der Waals surface area contributed by atoms with E-state index in [0.29, 0.717) is 16.8 Å². The van der Waals surface area contributed by atoms with E-state index in [0.717, 1.165) is 6.26 Å². The van der Waals surface area contributed by atoms with Gasteiger partial charge in [-0.15, -0.1) is 0 Å². The van der Waals surface area contributed by atoms with Gasteiger partial charge < -0.3 is 9.15 Å². The number of oxazole rings is 1. The Balaban J connectivity index is 1.97. The summed E-state index contributed by atoms with van der Waals surface area (Å²) < 4.78 is 34.5. The van der Waals surface area contributed by atoms with Gasteiger partial charge in [0.15, 0.2) is 17.5 Å². The maximum absolute atomic E-state index is 10.8. The van der Waals surface area contributed by atoms with E-state index >= 15 is 0 Å². The number of sulfonamides is 1. The lowest BCUT2D eigenvalue weighted by atomic mass is 10.3. The van der Waals surface area contributed by atoms with Gasteiger partial charge in [-0.25, -0.2) is 18.1 Å². The van der Waals surface area contributed by atoms with Crippen LogP contribution in [0.25, 0.3) is 11.1 Å². The smallest absolute Gasteiger partial charge is 0.208 e. The molecular formula is C10H12N2O4S. The predicted octanol–water partition coefficient (Wildman–Crippen LogP) is 0.756. The molecule has 0 atom stereocenters. The standard InChI is InChI=1S/C10H12N2O4S/c1-17(13,14)12-5-6-15-8-3-2-4-9-10(8)11-7-16-9/h2-4,7,12H,5-6H2,1H3. The zero-order valence-electron chi connectivity index (χ0n) is 9.21. The van der Waals surface area contributed by atoms with Crippen molar-refractivity contribution in [1.29, 1.82) is 0 Å². The number of nitrogens with one attached hydrogen (secondary N) is 1. The second-order valence-corrected chi connectivity index (χ2v) is 5.30. The summed E-state index contributed by atoms with van der Waals surface area (Å²) in [6, 6.07) is 5.32. The van der Waals surface area contributed by atoms with Crippen molar-refractivity contribution in [2.24, 2.45) is 0 Å². The van der Waals surface area contributed by atoms with Gasteiger partial charge in [-0.3, -0.25) is 0 Å². The maximum Gasteiger partial charge on any atom is 0.208 e. The number of fused-ring (bicyclic) bond motifs is 1. The van der Waals surface area contributed by atoms with E-state index in [1.807, 2.05) is 0 Å². The van der Waals surface area contributed by atoms with Gasteiger partial charge in [0.25, 0.3) is 0 Å². The van der Waals surface area contributed by atoms with Crippen molar-refractivity contribution in [3.8, 4) is 5.75 Å². The van der Waals surface area contributed by atoms with Crippen LogP contribution in [0.15, 0.2) is 29.0 Å². The molecule has 0 bridgehead atoms. The lowest BCUT2D eigenvalue weighted by Gasteiger charge is -2.06. The maximum atomic E-state index is 10.8. The fourth-order valence-corrected chi connectivity index (χ4v) is 1.82. The Morgan fingerprint density at radius 3 is 3.06 bits per heavy atom. The molecule has 0 saturated heterocycles. The molecule has 0 spiro atoms. The van der Waals surface area contributed by atoms with E-state index in [1.165, 1.54) is 6.39 Å². The first kappa shape index (κ1) is 11.9. The Morgan fingerprint density at radius 2 is 2.29 bits per heavy atom. The van der Waals surface area contributed by atoms with E-state index in [2.05, 4.69) is 9.71 Å². The number of aromatic nitrogens is 1. The SMILES string of the molecule is CS(=O)(=O)NCCOc1cccc2ocnc12. The average Bonchev–Trinajstić information content (AvgIpc) is 2.71. The Labute approximate surface area is 98.6 Å². The van der Waals surface area contributed by atoms with Crippen LogP contribution in [0, 0.1) is 0 Å². The number of rotatable bonds is 5. The molecule has 0 aliphatic rings. The van der Waals surface area contributed by atoms with Gasteiger partial charge in [-0.1, -0.05) is 6.07 Å². The molecule has 1 aromatic heterocycles. The highest BCUT2D eigenvalue weighted by molar-refractivity contribution is 7.88. The molecule has 0 amide bonds. The number of ether oxygens (including phenoxy) is 1. The van der Waals surface area contributed by atoms with Crippen LogP contribution < -0.4 is 9.46 Å². The molecule has 1 heterocycles. The Kier molecular flexibility index (Phi) is 3.30. The molecule has 0 aliphatic carbocycles. The van der Waals surface area contributed by atoms with Gasteiger partial charge in [0.1, 0.15) is 12.4 Å². The Bertz CT molecular complexity index is 606. The van der Waals surface area contributed by atoms with Gasteiger partial charge >= 0.3 is 0 Å². The minimum absolute atomic E-state index is 0.215. The number of hydrogen-bond acceptors (Lipinski definition) is 5. The molecule has 7 heteroatoms. The molecule has 0 radical (unpaired) electrons. The van der Waals surface area contributed by atoms with Crippen LogP contribution in [0.2, 0.25) is 0 Å². The van der Waals surface area contributed by atoms with E-state index in [9.17, 15) is 8.42 Å². The second kappa shape index (κ2) is 4.72. The van der Waals surface area contributed by atoms with E-state index in [4.69, 9.17) is 9.15 Å². The summed E-state index contributed by atoms with van der Waals surface area (Å²) in [5, 5.41) is 0. The molecule has 6 nitrogen and oxygen atoms in total. The quantitative estimate of drug-likeness (QED) is 0.798. The minimum Gasteiger partial charge on any atom is -0.490 e. The Morgan fingerprint density at radius 1 is 1.47 bits per heavy atom. The zero-order chi connectivity index (χ0) is 12.3. The van der Waals surface area contributed by atoms with E-state index in [1.54, 1.807) is 18.2 Å². The molecule has 92 valence electrons. The van der Waals surface area contributed by atoms with Crippen LogP contribution in [0.3, 0.4) is 0 Å². The zero-order valence-corrected chi connectivity index (χ0v) is 10.0. The summed E-state index contributed by atoms with van der Waals surface area (Å²) in [7, 11) is -3.17. The minimum atomic E-state index is -3.17. The largest absolute Gasteiger partial charge is 0.490 e. The molecule has 17 heavy (non-hydrogen) atoms. The van der Waals surface area contributed by atoms with E-state index in [-0.39, 0.29) is 13.2 Å². The number of hydrogen-bond donors (Lipinski definition) is 1. The summed E-state index contributed by atoms with van der Waals surface area (Å²) in [5.74, 6) is 0.576. The normalized spacial score (nSPS) is 11.8. The molecule has 1 aromatic carbocycles. The first-order valence-corrected chi connectivity index (χ1v) is 6.85. The van der Waals surface area contributed by atoms with Crippen molar-refractivity contribution in [1.82, 2.24) is 9.71 Å². The van der Waals surface area contributed by atoms with Crippen molar-refractivity contribution >= 4 is 21.1 Å². The number of para-hydroxylation sites is 1. The van der Waals surface area contributed by atoms with Gasteiger partial charge in [0.2, 0.25) is 10.0 Å². The predicted molar refractivity (Wildman–Crippen MR) is 62.4 cm³/mol. The van der Waals surface area contributed by atoms with E-state index < -0.39 is 10.0 Å². The monoisotopic (exact) mass is 256 g/mol. The third kappa shape index (κ3) is 3.18. The van der Waals surface area contributed by atoms with Crippen LogP contribution in [-0.4, -0.2) is 32.8 Å². The first-order chi connectivity index (χ1) is 8.06. The van der Waals surface area contributed by atoms with Crippen LogP contribution >= 0.6 is 0 Å². The highest BCUT2D eigenvalue weighted by atomic mass is 32.2. The molecule has 0 unspecified atom stereocenters. The summed E-state index contributed by atoms with van der Waals surface area (Å²) in [6.45, 7) is 0.451. The summed E-state index contributed by atoms with van der Waals surface area (Å²) in [6.07, 6.45) is 2.44. The highest BCUT2D eigenvalue weighted by Gasteiger charge is 2.06. The van der Waals surface area contributed by atoms with Crippen molar-refractivity contribution in [2.45, 2.75) is 0 Å². The third-order valence-corrected chi connectivity index (χ3v) is 2.78.